The summed E-state index contributed by atoms with van der Waals surface area (Å²) in [5, 5.41) is 5.69. The van der Waals surface area contributed by atoms with E-state index in [0.29, 0.717) is 35.9 Å². The van der Waals surface area contributed by atoms with Gasteiger partial charge in [-0.2, -0.15) is 0 Å². The van der Waals surface area contributed by atoms with E-state index in [1.54, 1.807) is 48.5 Å². The van der Waals surface area contributed by atoms with Crippen molar-refractivity contribution in [3.05, 3.63) is 59.7 Å². The molecule has 0 bridgehead atoms. The number of hydrogen-bond acceptors (Lipinski definition) is 3. The van der Waals surface area contributed by atoms with Gasteiger partial charge in [-0.3, -0.25) is 9.59 Å². The summed E-state index contributed by atoms with van der Waals surface area (Å²) in [7, 11) is 0. The third kappa shape index (κ3) is 5.62. The van der Waals surface area contributed by atoms with Crippen molar-refractivity contribution in [2.45, 2.75) is 27.2 Å². The quantitative estimate of drug-likeness (QED) is 0.749. The van der Waals surface area contributed by atoms with Crippen LogP contribution in [-0.4, -0.2) is 25.0 Å². The average molecular weight is 354 g/mol. The van der Waals surface area contributed by atoms with Crippen LogP contribution in [0.1, 0.15) is 47.9 Å². The summed E-state index contributed by atoms with van der Waals surface area (Å²) < 4.78 is 5.52. The van der Waals surface area contributed by atoms with E-state index in [4.69, 9.17) is 4.74 Å². The van der Waals surface area contributed by atoms with Crippen LogP contribution in [0.5, 0.6) is 5.75 Å². The maximum Gasteiger partial charge on any atom is 0.255 e. The van der Waals surface area contributed by atoms with Crippen molar-refractivity contribution in [2.24, 2.45) is 5.92 Å². The highest BCUT2D eigenvalue weighted by molar-refractivity contribution is 6.09. The molecule has 138 valence electrons. The highest BCUT2D eigenvalue weighted by Crippen LogP contribution is 2.18. The summed E-state index contributed by atoms with van der Waals surface area (Å²) in [6.07, 6.45) is 0.928. The van der Waals surface area contributed by atoms with Crippen LogP contribution in [0.2, 0.25) is 0 Å². The molecule has 0 heterocycles. The van der Waals surface area contributed by atoms with E-state index < -0.39 is 0 Å². The molecule has 0 aliphatic carbocycles. The van der Waals surface area contributed by atoms with Crippen molar-refractivity contribution in [1.82, 2.24) is 5.32 Å². The predicted molar refractivity (Wildman–Crippen MR) is 104 cm³/mol. The van der Waals surface area contributed by atoms with Gasteiger partial charge in [-0.05, 0) is 48.7 Å². The SMILES string of the molecule is CCCOc1ccc(C(=O)Nc2ccccc2C(=O)NCC(C)C)cc1. The van der Waals surface area contributed by atoms with Crippen molar-refractivity contribution in [3.8, 4) is 5.75 Å². The molecule has 0 saturated carbocycles. The summed E-state index contributed by atoms with van der Waals surface area (Å²) in [5.74, 6) is 0.625. The zero-order chi connectivity index (χ0) is 18.9. The largest absolute Gasteiger partial charge is 0.494 e. The molecule has 2 rings (SSSR count). The van der Waals surface area contributed by atoms with Gasteiger partial charge in [0.1, 0.15) is 5.75 Å². The number of nitrogens with one attached hydrogen (secondary N) is 2. The van der Waals surface area contributed by atoms with Crippen molar-refractivity contribution in [1.29, 1.82) is 0 Å². The fourth-order valence-corrected chi connectivity index (χ4v) is 2.30. The Hall–Kier alpha value is -2.82. The zero-order valence-corrected chi connectivity index (χ0v) is 15.5. The smallest absolute Gasteiger partial charge is 0.255 e. The molecule has 26 heavy (non-hydrogen) atoms. The van der Waals surface area contributed by atoms with Crippen LogP contribution in [0.4, 0.5) is 5.69 Å². The molecule has 5 nitrogen and oxygen atoms in total. The molecule has 2 aromatic rings. The van der Waals surface area contributed by atoms with Crippen molar-refractivity contribution < 1.29 is 14.3 Å². The lowest BCUT2D eigenvalue weighted by molar-refractivity contribution is 0.0950. The number of hydrogen-bond donors (Lipinski definition) is 2. The minimum Gasteiger partial charge on any atom is -0.494 e. The van der Waals surface area contributed by atoms with Crippen LogP contribution in [0.15, 0.2) is 48.5 Å². The number of para-hydroxylation sites is 1. The summed E-state index contributed by atoms with van der Waals surface area (Å²) in [4.78, 5) is 24.9. The second-order valence-electron chi connectivity index (χ2n) is 6.48. The molecule has 5 heteroatoms. The molecule has 0 aliphatic heterocycles. The maximum atomic E-state index is 12.5. The number of benzene rings is 2. The van der Waals surface area contributed by atoms with E-state index in [0.717, 1.165) is 12.2 Å². The van der Waals surface area contributed by atoms with Gasteiger partial charge in [0.05, 0.1) is 17.9 Å². The van der Waals surface area contributed by atoms with Crippen LogP contribution in [0.3, 0.4) is 0 Å². The first kappa shape index (κ1) is 19.5. The second-order valence-corrected chi connectivity index (χ2v) is 6.48. The van der Waals surface area contributed by atoms with Crippen LogP contribution < -0.4 is 15.4 Å². The van der Waals surface area contributed by atoms with Crippen molar-refractivity contribution >= 4 is 17.5 Å². The van der Waals surface area contributed by atoms with Gasteiger partial charge in [-0.25, -0.2) is 0 Å². The third-order valence-corrected chi connectivity index (χ3v) is 3.68. The molecule has 0 aromatic heterocycles. The van der Waals surface area contributed by atoms with Crippen LogP contribution in [-0.2, 0) is 0 Å². The van der Waals surface area contributed by atoms with Gasteiger partial charge >= 0.3 is 0 Å². The van der Waals surface area contributed by atoms with Crippen LogP contribution >= 0.6 is 0 Å². The molecule has 0 spiro atoms. The number of amides is 2. The fraction of sp³-hybridized carbons (Fsp3) is 0.333. The fourth-order valence-electron chi connectivity index (χ4n) is 2.30. The first-order valence-corrected chi connectivity index (χ1v) is 8.92. The summed E-state index contributed by atoms with van der Waals surface area (Å²) >= 11 is 0. The summed E-state index contributed by atoms with van der Waals surface area (Å²) in [6, 6.07) is 13.9. The molecule has 0 saturated heterocycles. The molecular weight excluding hydrogens is 328 g/mol. The molecule has 2 N–H and O–H groups in total. The molecular formula is C21H26N2O3. The number of rotatable bonds is 8. The Morgan fingerprint density at radius 3 is 2.35 bits per heavy atom. The van der Waals surface area contributed by atoms with Gasteiger partial charge in [0, 0.05) is 12.1 Å². The first-order valence-electron chi connectivity index (χ1n) is 8.92. The van der Waals surface area contributed by atoms with E-state index in [1.165, 1.54) is 0 Å². The lowest BCUT2D eigenvalue weighted by Crippen LogP contribution is -2.28. The van der Waals surface area contributed by atoms with Gasteiger partial charge in [-0.1, -0.05) is 32.9 Å². The molecule has 0 atom stereocenters. The van der Waals surface area contributed by atoms with Gasteiger partial charge in [-0.15, -0.1) is 0 Å². The maximum absolute atomic E-state index is 12.5. The second kappa shape index (κ2) is 9.61. The Balaban J connectivity index is 2.08. The van der Waals surface area contributed by atoms with Gasteiger partial charge in [0.15, 0.2) is 0 Å². The predicted octanol–water partition coefficient (Wildman–Crippen LogP) is 4.11. The molecule has 0 aliphatic rings. The summed E-state index contributed by atoms with van der Waals surface area (Å²) in [6.45, 7) is 7.32. The summed E-state index contributed by atoms with van der Waals surface area (Å²) in [5.41, 5.74) is 1.45. The molecule has 0 radical (unpaired) electrons. The van der Waals surface area contributed by atoms with Gasteiger partial charge in [0.2, 0.25) is 0 Å². The Morgan fingerprint density at radius 1 is 1.00 bits per heavy atom. The third-order valence-electron chi connectivity index (χ3n) is 3.68. The minimum absolute atomic E-state index is 0.196. The molecule has 0 unspecified atom stereocenters. The zero-order valence-electron chi connectivity index (χ0n) is 15.5. The lowest BCUT2D eigenvalue weighted by Gasteiger charge is -2.13. The van der Waals surface area contributed by atoms with Gasteiger partial charge in [0.25, 0.3) is 11.8 Å². The van der Waals surface area contributed by atoms with E-state index in [2.05, 4.69) is 10.6 Å². The highest BCUT2D eigenvalue weighted by Gasteiger charge is 2.14. The normalized spacial score (nSPS) is 10.5. The van der Waals surface area contributed by atoms with Crippen molar-refractivity contribution in [3.63, 3.8) is 0 Å². The van der Waals surface area contributed by atoms with E-state index in [9.17, 15) is 9.59 Å². The number of anilines is 1. The van der Waals surface area contributed by atoms with Crippen LogP contribution in [0.25, 0.3) is 0 Å². The van der Waals surface area contributed by atoms with Crippen molar-refractivity contribution in [2.75, 3.05) is 18.5 Å². The standard InChI is InChI=1S/C21H26N2O3/c1-4-13-26-17-11-9-16(10-12-17)20(24)23-19-8-6-5-7-18(19)21(25)22-14-15(2)3/h5-12,15H,4,13-14H2,1-3H3,(H,22,25)(H,23,24). The van der Waals surface area contributed by atoms with E-state index in [1.807, 2.05) is 20.8 Å². The van der Waals surface area contributed by atoms with E-state index in [-0.39, 0.29) is 11.8 Å². The van der Waals surface area contributed by atoms with E-state index >= 15 is 0 Å². The highest BCUT2D eigenvalue weighted by atomic mass is 16.5. The minimum atomic E-state index is -0.267. The Kier molecular flexibility index (Phi) is 7.21. The number of carbonyl (C=O) groups excluding carboxylic acids is 2. The molecule has 0 fully saturated rings. The first-order chi connectivity index (χ1) is 12.5. The van der Waals surface area contributed by atoms with Crippen LogP contribution in [0, 0.1) is 5.92 Å². The Bertz CT molecular complexity index is 739. The lowest BCUT2D eigenvalue weighted by atomic mass is 10.1. The molecule has 2 amide bonds. The van der Waals surface area contributed by atoms with Gasteiger partial charge < -0.3 is 15.4 Å². The Labute approximate surface area is 154 Å². The average Bonchev–Trinajstić information content (AvgIpc) is 2.65. The topological polar surface area (TPSA) is 67.4 Å². The monoisotopic (exact) mass is 354 g/mol. The number of carbonyl (C=O) groups is 2. The molecule has 2 aromatic carbocycles. The number of ether oxygens (including phenoxy) is 1. The Morgan fingerprint density at radius 2 is 1.69 bits per heavy atom.